The fourth-order valence-corrected chi connectivity index (χ4v) is 8.36. The van der Waals surface area contributed by atoms with Crippen LogP contribution in [0.2, 0.25) is 0 Å². The van der Waals surface area contributed by atoms with Crippen LogP contribution in [0.5, 0.6) is 0 Å². The fraction of sp³-hybridized carbons (Fsp3) is 0.923. The average Bonchev–Trinajstić information content (AvgIpc) is 3.01. The van der Waals surface area contributed by atoms with Crippen LogP contribution in [0.25, 0.3) is 0 Å². The summed E-state index contributed by atoms with van der Waals surface area (Å²) in [6, 6.07) is 0. The Balaban J connectivity index is 1.47. The van der Waals surface area contributed by atoms with Crippen molar-refractivity contribution in [1.29, 1.82) is 0 Å². The third kappa shape index (κ3) is 3.78. The summed E-state index contributed by atoms with van der Waals surface area (Å²) in [7, 11) is 0. The molecule has 4 aliphatic rings. The summed E-state index contributed by atoms with van der Waals surface area (Å²) in [4.78, 5) is 0. The molecule has 2 fully saturated rings. The molecule has 0 aromatic rings. The number of halogens is 1. The summed E-state index contributed by atoms with van der Waals surface area (Å²) in [5.41, 5.74) is 4.40. The van der Waals surface area contributed by atoms with E-state index < -0.39 is 0 Å². The molecule has 4 rings (SSSR count). The molecule has 0 heterocycles. The predicted molar refractivity (Wildman–Crippen MR) is 118 cm³/mol. The highest BCUT2D eigenvalue weighted by Gasteiger charge is 2.55. The molecule has 6 unspecified atom stereocenters. The van der Waals surface area contributed by atoms with Gasteiger partial charge in [0.25, 0.3) is 0 Å². The number of unbranched alkanes of at least 4 members (excludes halogenated alkanes) is 1. The van der Waals surface area contributed by atoms with Crippen LogP contribution >= 0.6 is 11.6 Å². The Kier molecular flexibility index (Phi) is 6.33. The zero-order chi connectivity index (χ0) is 19.0. The van der Waals surface area contributed by atoms with E-state index in [2.05, 4.69) is 20.8 Å². The second-order valence-electron chi connectivity index (χ2n) is 11.2. The molecule has 0 bridgehead atoms. The maximum atomic E-state index is 6.51. The first-order valence-corrected chi connectivity index (χ1v) is 12.9. The molecule has 0 aromatic carbocycles. The highest BCUT2D eigenvalue weighted by atomic mass is 35.5. The third-order valence-corrected chi connectivity index (χ3v) is 9.83. The van der Waals surface area contributed by atoms with Gasteiger partial charge in [0.05, 0.1) is 0 Å². The maximum absolute atomic E-state index is 6.51. The Bertz CT molecular complexity index is 546. The smallest absolute Gasteiger partial charge is 0.0289 e. The molecule has 0 aromatic heterocycles. The molecular formula is C26H43Cl. The number of allylic oxidation sites excluding steroid dienone is 2. The first-order chi connectivity index (χ1) is 13.0. The van der Waals surface area contributed by atoms with Crippen molar-refractivity contribution in [2.24, 2.45) is 40.9 Å². The van der Waals surface area contributed by atoms with Crippen molar-refractivity contribution in [2.45, 2.75) is 104 Å². The van der Waals surface area contributed by atoms with E-state index in [1.54, 1.807) is 0 Å². The minimum Gasteiger partial charge on any atom is -0.126 e. The minimum absolute atomic E-state index is 0.641. The lowest BCUT2D eigenvalue weighted by Crippen LogP contribution is -2.45. The van der Waals surface area contributed by atoms with Crippen molar-refractivity contribution in [1.82, 2.24) is 0 Å². The SMILES string of the molecule is CC(C)CCCCC1CCC2C3CC(CCl)C4=C(CCCC4)C3CCC12C. The monoisotopic (exact) mass is 390 g/mol. The van der Waals surface area contributed by atoms with E-state index >= 15 is 0 Å². The molecule has 0 spiro atoms. The summed E-state index contributed by atoms with van der Waals surface area (Å²) in [6.07, 6.45) is 19.0. The Morgan fingerprint density at radius 3 is 2.56 bits per heavy atom. The molecule has 0 N–H and O–H groups in total. The van der Waals surface area contributed by atoms with E-state index in [-0.39, 0.29) is 0 Å². The van der Waals surface area contributed by atoms with Crippen LogP contribution in [0.15, 0.2) is 11.1 Å². The van der Waals surface area contributed by atoms with Gasteiger partial charge in [-0.05, 0) is 105 Å². The minimum atomic E-state index is 0.641. The second kappa shape index (κ2) is 8.41. The van der Waals surface area contributed by atoms with Crippen molar-refractivity contribution in [3.05, 3.63) is 11.1 Å². The van der Waals surface area contributed by atoms with Crippen molar-refractivity contribution in [2.75, 3.05) is 5.88 Å². The molecule has 0 amide bonds. The summed E-state index contributed by atoms with van der Waals surface area (Å²) in [5.74, 6) is 6.38. The van der Waals surface area contributed by atoms with Gasteiger partial charge in [0.1, 0.15) is 0 Å². The van der Waals surface area contributed by atoms with Crippen LogP contribution in [-0.2, 0) is 0 Å². The zero-order valence-corrected chi connectivity index (χ0v) is 19.0. The highest BCUT2D eigenvalue weighted by Crippen LogP contribution is 2.64. The number of rotatable bonds is 6. The molecule has 6 atom stereocenters. The molecule has 1 heteroatoms. The quantitative estimate of drug-likeness (QED) is 0.242. The van der Waals surface area contributed by atoms with Crippen LogP contribution in [0, 0.1) is 40.9 Å². The Morgan fingerprint density at radius 2 is 1.81 bits per heavy atom. The Morgan fingerprint density at radius 1 is 1.04 bits per heavy atom. The van der Waals surface area contributed by atoms with E-state index in [1.165, 1.54) is 83.5 Å². The highest BCUT2D eigenvalue weighted by molar-refractivity contribution is 6.18. The second-order valence-corrected chi connectivity index (χ2v) is 11.5. The number of hydrogen-bond donors (Lipinski definition) is 0. The molecule has 0 saturated heterocycles. The standard InChI is InChI=1S/C26H43Cl/c1-18(2)8-4-5-9-20-12-13-25-24-16-19(17-27)21-10-6-7-11-22(21)23(24)14-15-26(20,25)3/h18-20,23-25H,4-17H2,1-3H3. The van der Waals surface area contributed by atoms with Crippen LogP contribution in [0.1, 0.15) is 104 Å². The van der Waals surface area contributed by atoms with Gasteiger partial charge in [0.2, 0.25) is 0 Å². The van der Waals surface area contributed by atoms with Gasteiger partial charge in [0, 0.05) is 5.88 Å². The topological polar surface area (TPSA) is 0 Å². The van der Waals surface area contributed by atoms with Gasteiger partial charge >= 0.3 is 0 Å². The molecule has 27 heavy (non-hydrogen) atoms. The lowest BCUT2D eigenvalue weighted by Gasteiger charge is -2.53. The number of hydrogen-bond acceptors (Lipinski definition) is 0. The van der Waals surface area contributed by atoms with Gasteiger partial charge in [-0.25, -0.2) is 0 Å². The molecule has 4 aliphatic carbocycles. The molecule has 154 valence electrons. The van der Waals surface area contributed by atoms with Crippen LogP contribution in [0.4, 0.5) is 0 Å². The molecular weight excluding hydrogens is 348 g/mol. The van der Waals surface area contributed by atoms with E-state index in [0.29, 0.717) is 5.41 Å². The van der Waals surface area contributed by atoms with Crippen molar-refractivity contribution in [3.63, 3.8) is 0 Å². The van der Waals surface area contributed by atoms with Gasteiger partial charge in [-0.2, -0.15) is 0 Å². The van der Waals surface area contributed by atoms with Crippen molar-refractivity contribution >= 4 is 11.6 Å². The van der Waals surface area contributed by atoms with Gasteiger partial charge in [-0.3, -0.25) is 0 Å². The van der Waals surface area contributed by atoms with E-state index in [4.69, 9.17) is 11.6 Å². The summed E-state index contributed by atoms with van der Waals surface area (Å²) in [5, 5.41) is 0. The van der Waals surface area contributed by atoms with E-state index in [1.807, 2.05) is 11.1 Å². The first kappa shape index (κ1) is 20.3. The number of fused-ring (bicyclic) bond motifs is 4. The zero-order valence-electron chi connectivity index (χ0n) is 18.2. The Hall–Kier alpha value is 0.0300. The first-order valence-electron chi connectivity index (χ1n) is 12.3. The molecule has 0 nitrogen and oxygen atoms in total. The molecule has 0 radical (unpaired) electrons. The largest absolute Gasteiger partial charge is 0.126 e. The average molecular weight is 391 g/mol. The van der Waals surface area contributed by atoms with Crippen molar-refractivity contribution < 1.29 is 0 Å². The van der Waals surface area contributed by atoms with E-state index in [0.717, 1.165) is 41.4 Å². The van der Waals surface area contributed by atoms with Crippen molar-refractivity contribution in [3.8, 4) is 0 Å². The van der Waals surface area contributed by atoms with Gasteiger partial charge in [-0.1, -0.05) is 51.2 Å². The predicted octanol–water partition coefficient (Wildman–Crippen LogP) is 8.39. The fourth-order valence-electron chi connectivity index (χ4n) is 8.04. The van der Waals surface area contributed by atoms with Gasteiger partial charge in [-0.15, -0.1) is 11.6 Å². The van der Waals surface area contributed by atoms with E-state index in [9.17, 15) is 0 Å². The normalized spacial score (nSPS) is 41.4. The summed E-state index contributed by atoms with van der Waals surface area (Å²) < 4.78 is 0. The van der Waals surface area contributed by atoms with Gasteiger partial charge < -0.3 is 0 Å². The molecule has 2 saturated carbocycles. The van der Waals surface area contributed by atoms with Crippen LogP contribution in [-0.4, -0.2) is 5.88 Å². The van der Waals surface area contributed by atoms with Crippen LogP contribution in [0.3, 0.4) is 0 Å². The van der Waals surface area contributed by atoms with Gasteiger partial charge in [0.15, 0.2) is 0 Å². The third-order valence-electron chi connectivity index (χ3n) is 9.46. The Labute approximate surface area is 173 Å². The number of alkyl halides is 1. The maximum Gasteiger partial charge on any atom is 0.0289 e. The lowest BCUT2D eigenvalue weighted by atomic mass is 9.51. The lowest BCUT2D eigenvalue weighted by molar-refractivity contribution is 0.00404. The molecule has 0 aliphatic heterocycles. The van der Waals surface area contributed by atoms with Crippen LogP contribution < -0.4 is 0 Å². The summed E-state index contributed by atoms with van der Waals surface area (Å²) in [6.45, 7) is 7.45. The summed E-state index contributed by atoms with van der Waals surface area (Å²) >= 11 is 6.51.